The van der Waals surface area contributed by atoms with E-state index in [1.54, 1.807) is 6.07 Å². The van der Waals surface area contributed by atoms with Gasteiger partial charge in [0.05, 0.1) is 18.1 Å². The van der Waals surface area contributed by atoms with Gasteiger partial charge in [0.25, 0.3) is 11.6 Å². The summed E-state index contributed by atoms with van der Waals surface area (Å²) < 4.78 is 6.73. The zero-order chi connectivity index (χ0) is 20.8. The van der Waals surface area contributed by atoms with Gasteiger partial charge < -0.3 is 10.1 Å². The molecule has 156 valence electrons. The van der Waals surface area contributed by atoms with Crippen LogP contribution in [0.5, 0.6) is 0 Å². The van der Waals surface area contributed by atoms with Crippen molar-refractivity contribution in [2.75, 3.05) is 32.8 Å². The van der Waals surface area contributed by atoms with E-state index in [0.29, 0.717) is 25.7 Å². The van der Waals surface area contributed by atoms with Crippen LogP contribution >= 0.6 is 0 Å². The normalized spacial score (nSPS) is 16.0. The molecule has 1 amide bonds. The topological polar surface area (TPSA) is 115 Å². The molecule has 1 aromatic carbocycles. The number of benzene rings is 1. The molecule has 10 heteroatoms. The molecule has 10 nitrogen and oxygen atoms in total. The zero-order valence-electron chi connectivity index (χ0n) is 16.7. The fraction of sp³-hybridized carbons (Fsp3) is 0.526. The summed E-state index contributed by atoms with van der Waals surface area (Å²) >= 11 is 0. The summed E-state index contributed by atoms with van der Waals surface area (Å²) in [6, 6.07) is 4.55. The lowest BCUT2D eigenvalue weighted by Gasteiger charge is -2.35. The quantitative estimate of drug-likeness (QED) is 0.527. The summed E-state index contributed by atoms with van der Waals surface area (Å²) in [6.45, 7) is 7.85. The fourth-order valence-electron chi connectivity index (χ4n) is 3.50. The third-order valence-electron chi connectivity index (χ3n) is 4.90. The number of ether oxygens (including phenoxy) is 1. The van der Waals surface area contributed by atoms with Crippen molar-refractivity contribution in [1.29, 1.82) is 0 Å². The zero-order valence-corrected chi connectivity index (χ0v) is 16.7. The summed E-state index contributed by atoms with van der Waals surface area (Å²) in [5, 5.41) is 18.4. The van der Waals surface area contributed by atoms with Gasteiger partial charge in [-0.15, -0.1) is 0 Å². The Morgan fingerprint density at radius 1 is 1.34 bits per heavy atom. The highest BCUT2D eigenvalue weighted by atomic mass is 16.6. The van der Waals surface area contributed by atoms with Gasteiger partial charge in [-0.3, -0.25) is 19.8 Å². The average molecular weight is 402 g/mol. The van der Waals surface area contributed by atoms with E-state index in [1.165, 1.54) is 29.5 Å². The Morgan fingerprint density at radius 3 is 2.72 bits per heavy atom. The lowest BCUT2D eigenvalue weighted by Crippen LogP contribution is -2.49. The Bertz CT molecular complexity index is 833. The molecule has 3 rings (SSSR count). The standard InChI is InChI=1S/C19H26N6O4/c1-14(2)9-16(23-5-7-29-8-6-23)11-21-19(26)15-3-4-17(18(10-15)25(27)28)24-13-20-12-22-24/h3-4,10,12-14,16H,5-9,11H2,1-2H3,(H,21,26). The maximum absolute atomic E-state index is 12.7. The largest absolute Gasteiger partial charge is 0.379 e. The van der Waals surface area contributed by atoms with Crippen molar-refractivity contribution < 1.29 is 14.5 Å². The SMILES string of the molecule is CC(C)CC(CNC(=O)c1ccc(-n2cncn2)c([N+](=O)[O-])c1)N1CCOCC1. The van der Waals surface area contributed by atoms with E-state index >= 15 is 0 Å². The van der Waals surface area contributed by atoms with Crippen LogP contribution in [0, 0.1) is 16.0 Å². The van der Waals surface area contributed by atoms with E-state index in [9.17, 15) is 14.9 Å². The van der Waals surface area contributed by atoms with Crippen LogP contribution in [0.15, 0.2) is 30.9 Å². The van der Waals surface area contributed by atoms with Crippen LogP contribution in [0.4, 0.5) is 5.69 Å². The van der Waals surface area contributed by atoms with Crippen LogP contribution in [0.3, 0.4) is 0 Å². The number of nitrogens with zero attached hydrogens (tertiary/aromatic N) is 5. The predicted octanol–water partition coefficient (Wildman–Crippen LogP) is 1.65. The van der Waals surface area contributed by atoms with Crippen molar-refractivity contribution in [3.8, 4) is 5.69 Å². The first-order chi connectivity index (χ1) is 14.0. The predicted molar refractivity (Wildman–Crippen MR) is 106 cm³/mol. The number of nitro benzene ring substituents is 1. The number of amides is 1. The number of rotatable bonds is 8. The number of hydrogen-bond donors (Lipinski definition) is 1. The van der Waals surface area contributed by atoms with Crippen molar-refractivity contribution in [2.24, 2.45) is 5.92 Å². The Hall–Kier alpha value is -2.85. The third-order valence-corrected chi connectivity index (χ3v) is 4.90. The number of nitrogens with one attached hydrogen (secondary N) is 1. The molecule has 1 unspecified atom stereocenters. The van der Waals surface area contributed by atoms with Crippen molar-refractivity contribution in [1.82, 2.24) is 25.0 Å². The molecule has 0 bridgehead atoms. The Kier molecular flexibility index (Phi) is 6.89. The molecule has 29 heavy (non-hydrogen) atoms. The van der Waals surface area contributed by atoms with Gasteiger partial charge in [-0.1, -0.05) is 13.8 Å². The molecular formula is C19H26N6O4. The molecule has 1 aliphatic heterocycles. The molecule has 1 aromatic heterocycles. The second-order valence-corrected chi connectivity index (χ2v) is 7.44. The molecule has 2 heterocycles. The van der Waals surface area contributed by atoms with Crippen LogP contribution in [0.2, 0.25) is 0 Å². The third kappa shape index (κ3) is 5.36. The minimum absolute atomic E-state index is 0.199. The molecule has 1 aliphatic rings. The highest BCUT2D eigenvalue weighted by Gasteiger charge is 2.24. The monoisotopic (exact) mass is 402 g/mol. The number of carbonyl (C=O) groups excluding carboxylic acids is 1. The van der Waals surface area contributed by atoms with Gasteiger partial charge >= 0.3 is 0 Å². The minimum atomic E-state index is -0.525. The summed E-state index contributed by atoms with van der Waals surface area (Å²) in [4.78, 5) is 29.8. The molecule has 1 N–H and O–H groups in total. The highest BCUT2D eigenvalue weighted by molar-refractivity contribution is 5.95. The molecule has 0 aliphatic carbocycles. The molecule has 1 fully saturated rings. The first-order valence-electron chi connectivity index (χ1n) is 9.69. The molecule has 2 aromatic rings. The first kappa shape index (κ1) is 20.9. The van der Waals surface area contributed by atoms with E-state index in [2.05, 4.69) is 34.1 Å². The average Bonchev–Trinajstić information content (AvgIpc) is 3.25. The Balaban J connectivity index is 1.72. The second kappa shape index (κ2) is 9.57. The molecule has 0 spiro atoms. The molecule has 0 saturated carbocycles. The van der Waals surface area contributed by atoms with Crippen molar-refractivity contribution in [3.63, 3.8) is 0 Å². The van der Waals surface area contributed by atoms with E-state index < -0.39 is 4.92 Å². The second-order valence-electron chi connectivity index (χ2n) is 7.44. The molecule has 1 atom stereocenters. The Morgan fingerprint density at radius 2 is 2.10 bits per heavy atom. The van der Waals surface area contributed by atoms with Crippen LogP contribution in [-0.2, 0) is 4.74 Å². The first-order valence-corrected chi connectivity index (χ1v) is 9.69. The maximum atomic E-state index is 12.7. The summed E-state index contributed by atoms with van der Waals surface area (Å²) in [7, 11) is 0. The Labute approximate surface area is 169 Å². The number of aromatic nitrogens is 3. The van der Waals surface area contributed by atoms with Gasteiger partial charge in [-0.05, 0) is 24.5 Å². The van der Waals surface area contributed by atoms with Crippen molar-refractivity contribution in [3.05, 3.63) is 46.5 Å². The van der Waals surface area contributed by atoms with Crippen molar-refractivity contribution in [2.45, 2.75) is 26.3 Å². The molecule has 0 radical (unpaired) electrons. The number of nitro groups is 1. The number of hydrogen-bond acceptors (Lipinski definition) is 7. The van der Waals surface area contributed by atoms with Crippen molar-refractivity contribution >= 4 is 11.6 Å². The van der Waals surface area contributed by atoms with E-state index in [4.69, 9.17) is 4.74 Å². The lowest BCUT2D eigenvalue weighted by atomic mass is 10.0. The van der Waals surface area contributed by atoms with Gasteiger partial charge in [-0.25, -0.2) is 9.67 Å². The lowest BCUT2D eigenvalue weighted by molar-refractivity contribution is -0.384. The van der Waals surface area contributed by atoms with Gasteiger partial charge in [0.1, 0.15) is 18.3 Å². The van der Waals surface area contributed by atoms with Gasteiger partial charge in [0.15, 0.2) is 0 Å². The summed E-state index contributed by atoms with van der Waals surface area (Å²) in [6.07, 6.45) is 3.62. The van der Waals surface area contributed by atoms with Crippen LogP contribution in [0.1, 0.15) is 30.6 Å². The maximum Gasteiger partial charge on any atom is 0.295 e. The fourth-order valence-corrected chi connectivity index (χ4v) is 3.50. The summed E-state index contributed by atoms with van der Waals surface area (Å²) in [5.74, 6) is 0.156. The molecular weight excluding hydrogens is 376 g/mol. The van der Waals surface area contributed by atoms with Crippen LogP contribution < -0.4 is 5.32 Å². The van der Waals surface area contributed by atoms with E-state index in [1.807, 2.05) is 0 Å². The van der Waals surface area contributed by atoms with Gasteiger partial charge in [0, 0.05) is 37.3 Å². The smallest absolute Gasteiger partial charge is 0.295 e. The van der Waals surface area contributed by atoms with Gasteiger partial charge in [-0.2, -0.15) is 5.10 Å². The van der Waals surface area contributed by atoms with Crippen LogP contribution in [0.25, 0.3) is 5.69 Å². The molecule has 1 saturated heterocycles. The summed E-state index contributed by atoms with van der Waals surface area (Å²) in [5.41, 5.74) is 0.302. The van der Waals surface area contributed by atoms with E-state index in [0.717, 1.165) is 19.5 Å². The van der Waals surface area contributed by atoms with Crippen LogP contribution in [-0.4, -0.2) is 69.4 Å². The number of carbonyl (C=O) groups is 1. The van der Waals surface area contributed by atoms with E-state index in [-0.39, 0.29) is 28.9 Å². The highest BCUT2D eigenvalue weighted by Crippen LogP contribution is 2.23. The number of morpholine rings is 1. The van der Waals surface area contributed by atoms with Gasteiger partial charge in [0.2, 0.25) is 0 Å². The minimum Gasteiger partial charge on any atom is -0.379 e.